The Morgan fingerprint density at radius 3 is 3.00 bits per heavy atom. The molecule has 4 rings (SSSR count). The van der Waals surface area contributed by atoms with E-state index in [4.69, 9.17) is 9.72 Å². The summed E-state index contributed by atoms with van der Waals surface area (Å²) in [4.78, 5) is 35.6. The SMILES string of the molecule is CCOC(=O)Cc1csc(NC(=O)C2CCCN(c3nc4ccccc4s3)C2)n1. The molecular weight excluding hydrogens is 408 g/mol. The van der Waals surface area contributed by atoms with Crippen LogP contribution in [0.15, 0.2) is 29.6 Å². The largest absolute Gasteiger partial charge is 0.466 e. The monoisotopic (exact) mass is 430 g/mol. The Bertz CT molecular complexity index is 983. The lowest BCUT2D eigenvalue weighted by Gasteiger charge is -2.31. The van der Waals surface area contributed by atoms with Gasteiger partial charge in [0.15, 0.2) is 10.3 Å². The lowest BCUT2D eigenvalue weighted by molar-refractivity contribution is -0.142. The van der Waals surface area contributed by atoms with Gasteiger partial charge in [0.1, 0.15) is 0 Å². The number of nitrogens with one attached hydrogen (secondary N) is 1. The first kappa shape index (κ1) is 19.8. The molecule has 1 aliphatic heterocycles. The highest BCUT2D eigenvalue weighted by molar-refractivity contribution is 7.22. The minimum atomic E-state index is -0.311. The third-order valence-corrected chi connectivity index (χ3v) is 6.66. The first-order valence-corrected chi connectivity index (χ1v) is 11.3. The van der Waals surface area contributed by atoms with Crippen LogP contribution in [-0.2, 0) is 20.7 Å². The predicted octanol–water partition coefficient (Wildman–Crippen LogP) is 3.71. The molecular formula is C20H22N4O3S2. The van der Waals surface area contributed by atoms with E-state index < -0.39 is 0 Å². The maximum atomic E-state index is 12.8. The highest BCUT2D eigenvalue weighted by atomic mass is 32.1. The number of nitrogens with zero attached hydrogens (tertiary/aromatic N) is 3. The lowest BCUT2D eigenvalue weighted by Crippen LogP contribution is -2.40. The first-order valence-electron chi connectivity index (χ1n) is 9.64. The van der Waals surface area contributed by atoms with Crippen molar-refractivity contribution in [2.45, 2.75) is 26.2 Å². The smallest absolute Gasteiger partial charge is 0.311 e. The van der Waals surface area contributed by atoms with E-state index in [1.807, 2.05) is 18.2 Å². The average Bonchev–Trinajstić information content (AvgIpc) is 3.35. The number of esters is 1. The van der Waals surface area contributed by atoms with Crippen molar-refractivity contribution in [1.82, 2.24) is 9.97 Å². The minimum absolute atomic E-state index is 0.0344. The number of hydrogen-bond acceptors (Lipinski definition) is 8. The van der Waals surface area contributed by atoms with Crippen molar-refractivity contribution in [3.05, 3.63) is 35.3 Å². The summed E-state index contributed by atoms with van der Waals surface area (Å²) in [5.74, 6) is -0.463. The number of thiazole rings is 2. The van der Waals surface area contributed by atoms with E-state index in [1.54, 1.807) is 23.6 Å². The van der Waals surface area contributed by atoms with Gasteiger partial charge in [0.05, 0.1) is 34.9 Å². The quantitative estimate of drug-likeness (QED) is 0.600. The van der Waals surface area contributed by atoms with Crippen LogP contribution in [0.5, 0.6) is 0 Å². The van der Waals surface area contributed by atoms with Crippen LogP contribution >= 0.6 is 22.7 Å². The molecule has 29 heavy (non-hydrogen) atoms. The van der Waals surface area contributed by atoms with Gasteiger partial charge in [-0.25, -0.2) is 9.97 Å². The van der Waals surface area contributed by atoms with Crippen molar-refractivity contribution in [1.29, 1.82) is 0 Å². The first-order chi connectivity index (χ1) is 14.1. The molecule has 152 valence electrons. The van der Waals surface area contributed by atoms with E-state index in [0.717, 1.165) is 34.7 Å². The van der Waals surface area contributed by atoms with Crippen molar-refractivity contribution in [2.75, 3.05) is 29.9 Å². The molecule has 7 nitrogen and oxygen atoms in total. The number of piperidine rings is 1. The number of fused-ring (bicyclic) bond motifs is 1. The standard InChI is InChI=1S/C20H22N4O3S2/c1-2-27-17(25)10-14-12-28-19(21-14)23-18(26)13-6-5-9-24(11-13)20-22-15-7-3-4-8-16(15)29-20/h3-4,7-8,12-13H,2,5-6,9-11H2,1H3,(H,21,23,26). The summed E-state index contributed by atoms with van der Waals surface area (Å²) >= 11 is 2.99. The highest BCUT2D eigenvalue weighted by Gasteiger charge is 2.28. The van der Waals surface area contributed by atoms with Crippen molar-refractivity contribution in [3.63, 3.8) is 0 Å². The molecule has 1 N–H and O–H groups in total. The molecule has 3 heterocycles. The number of anilines is 2. The van der Waals surface area contributed by atoms with Crippen LogP contribution in [0.1, 0.15) is 25.5 Å². The van der Waals surface area contributed by atoms with Gasteiger partial charge in [0.25, 0.3) is 0 Å². The molecule has 1 fully saturated rings. The molecule has 1 saturated heterocycles. The number of carbonyl (C=O) groups excluding carboxylic acids is 2. The molecule has 0 radical (unpaired) electrons. The summed E-state index contributed by atoms with van der Waals surface area (Å²) in [6.45, 7) is 3.67. The molecule has 0 spiro atoms. The Morgan fingerprint density at radius 1 is 1.31 bits per heavy atom. The predicted molar refractivity (Wildman–Crippen MR) is 116 cm³/mol. The topological polar surface area (TPSA) is 84.4 Å². The van der Waals surface area contributed by atoms with Crippen LogP contribution in [0.2, 0.25) is 0 Å². The number of hydrogen-bond donors (Lipinski definition) is 1. The number of amides is 1. The zero-order chi connectivity index (χ0) is 20.2. The summed E-state index contributed by atoms with van der Waals surface area (Å²) in [7, 11) is 0. The second-order valence-corrected chi connectivity index (χ2v) is 8.73. The second-order valence-electron chi connectivity index (χ2n) is 6.86. The number of aromatic nitrogens is 2. The molecule has 1 amide bonds. The number of rotatable bonds is 6. The van der Waals surface area contributed by atoms with Gasteiger partial charge in [0, 0.05) is 18.5 Å². The van der Waals surface area contributed by atoms with Crippen molar-refractivity contribution >= 4 is 55.0 Å². The Balaban J connectivity index is 1.37. The summed E-state index contributed by atoms with van der Waals surface area (Å²) in [6, 6.07) is 8.09. The van der Waals surface area contributed by atoms with Crippen LogP contribution in [0, 0.1) is 5.92 Å². The Morgan fingerprint density at radius 2 is 2.17 bits per heavy atom. The fourth-order valence-corrected chi connectivity index (χ4v) is 5.09. The van der Waals surface area contributed by atoms with E-state index in [2.05, 4.69) is 21.3 Å². The van der Waals surface area contributed by atoms with Crippen LogP contribution < -0.4 is 10.2 Å². The Kier molecular flexibility index (Phi) is 6.05. The third kappa shape index (κ3) is 4.73. The van der Waals surface area contributed by atoms with E-state index in [-0.39, 0.29) is 24.2 Å². The zero-order valence-electron chi connectivity index (χ0n) is 16.1. The van der Waals surface area contributed by atoms with Gasteiger partial charge >= 0.3 is 5.97 Å². The minimum Gasteiger partial charge on any atom is -0.466 e. The average molecular weight is 431 g/mol. The molecule has 9 heteroatoms. The van der Waals surface area contributed by atoms with Crippen molar-refractivity contribution in [3.8, 4) is 0 Å². The van der Waals surface area contributed by atoms with Gasteiger partial charge in [-0.05, 0) is 31.9 Å². The lowest BCUT2D eigenvalue weighted by atomic mass is 9.97. The number of ether oxygens (including phenoxy) is 1. The van der Waals surface area contributed by atoms with Crippen LogP contribution in [-0.4, -0.2) is 41.5 Å². The van der Waals surface area contributed by atoms with E-state index in [0.29, 0.717) is 24.0 Å². The van der Waals surface area contributed by atoms with Crippen molar-refractivity contribution in [2.24, 2.45) is 5.92 Å². The fraction of sp³-hybridized carbons (Fsp3) is 0.400. The number of benzene rings is 1. The fourth-order valence-electron chi connectivity index (χ4n) is 3.37. The summed E-state index contributed by atoms with van der Waals surface area (Å²) < 4.78 is 6.09. The van der Waals surface area contributed by atoms with Crippen LogP contribution in [0.4, 0.5) is 10.3 Å². The summed E-state index contributed by atoms with van der Waals surface area (Å²) in [5, 5.41) is 6.17. The van der Waals surface area contributed by atoms with Gasteiger partial charge in [-0.1, -0.05) is 23.5 Å². The van der Waals surface area contributed by atoms with Gasteiger partial charge in [-0.2, -0.15) is 0 Å². The second kappa shape index (κ2) is 8.87. The maximum Gasteiger partial charge on any atom is 0.311 e. The van der Waals surface area contributed by atoms with Crippen molar-refractivity contribution < 1.29 is 14.3 Å². The Labute approximate surface area is 176 Å². The van der Waals surface area contributed by atoms with Gasteiger partial charge in [-0.15, -0.1) is 11.3 Å². The zero-order valence-corrected chi connectivity index (χ0v) is 17.7. The molecule has 3 aromatic rings. The highest BCUT2D eigenvalue weighted by Crippen LogP contribution is 2.31. The van der Waals surface area contributed by atoms with Gasteiger partial charge in [-0.3, -0.25) is 9.59 Å². The maximum absolute atomic E-state index is 12.8. The van der Waals surface area contributed by atoms with Gasteiger partial charge < -0.3 is 15.0 Å². The Hall–Kier alpha value is -2.52. The van der Waals surface area contributed by atoms with E-state index in [9.17, 15) is 9.59 Å². The van der Waals surface area contributed by atoms with Crippen LogP contribution in [0.25, 0.3) is 10.2 Å². The summed E-state index contributed by atoms with van der Waals surface area (Å²) in [6.07, 6.45) is 1.91. The number of para-hydroxylation sites is 1. The van der Waals surface area contributed by atoms with E-state index >= 15 is 0 Å². The molecule has 0 saturated carbocycles. The normalized spacial score (nSPS) is 16.7. The molecule has 1 atom stereocenters. The molecule has 0 aliphatic carbocycles. The molecule has 1 unspecified atom stereocenters. The molecule has 2 aromatic heterocycles. The van der Waals surface area contributed by atoms with E-state index in [1.165, 1.54) is 11.3 Å². The van der Waals surface area contributed by atoms with Crippen LogP contribution in [0.3, 0.4) is 0 Å². The summed E-state index contributed by atoms with van der Waals surface area (Å²) in [5.41, 5.74) is 1.61. The number of carbonyl (C=O) groups is 2. The molecule has 1 aromatic carbocycles. The molecule has 0 bridgehead atoms. The molecule has 1 aliphatic rings. The third-order valence-electron chi connectivity index (χ3n) is 4.76. The van der Waals surface area contributed by atoms with Gasteiger partial charge in [0.2, 0.25) is 5.91 Å².